The molecule has 9 heteroatoms. The van der Waals surface area contributed by atoms with Gasteiger partial charge < -0.3 is 15.7 Å². The number of carbonyl (C=O) groups is 2. The third kappa shape index (κ3) is 3.54. The van der Waals surface area contributed by atoms with E-state index < -0.39 is 18.0 Å². The van der Waals surface area contributed by atoms with Gasteiger partial charge in [0.1, 0.15) is 6.33 Å². The molecule has 1 atom stereocenters. The summed E-state index contributed by atoms with van der Waals surface area (Å²) in [5, 5.41) is 19.8. The van der Waals surface area contributed by atoms with Gasteiger partial charge in [-0.1, -0.05) is 6.07 Å². The third-order valence-electron chi connectivity index (χ3n) is 2.40. The van der Waals surface area contributed by atoms with Crippen molar-refractivity contribution in [3.05, 3.63) is 34.5 Å². The van der Waals surface area contributed by atoms with Gasteiger partial charge in [-0.25, -0.2) is 14.6 Å². The Morgan fingerprint density at radius 1 is 1.55 bits per heavy atom. The van der Waals surface area contributed by atoms with Crippen molar-refractivity contribution in [2.45, 2.75) is 12.6 Å². The fourth-order valence-electron chi connectivity index (χ4n) is 1.52. The summed E-state index contributed by atoms with van der Waals surface area (Å²) in [5.74, 6) is -0.663. The molecule has 2 heterocycles. The van der Waals surface area contributed by atoms with E-state index in [9.17, 15) is 9.59 Å². The standard InChI is InChI=1S/C11H13N5O3S/c1-16-6-13-8(15-16)5-12-11(19)14-9(10(17)18)7-3-2-4-20-7/h2-4,6,9H,5H2,1H3,(H,17,18)(H2,12,14,19). The number of hydrogen-bond donors (Lipinski definition) is 3. The van der Waals surface area contributed by atoms with Crippen molar-refractivity contribution in [3.63, 3.8) is 0 Å². The first-order chi connectivity index (χ1) is 9.56. The number of hydrogen-bond acceptors (Lipinski definition) is 5. The van der Waals surface area contributed by atoms with Gasteiger partial charge in [-0.05, 0) is 11.4 Å². The highest BCUT2D eigenvalue weighted by molar-refractivity contribution is 7.10. The lowest BCUT2D eigenvalue weighted by Crippen LogP contribution is -2.40. The molecule has 0 radical (unpaired) electrons. The van der Waals surface area contributed by atoms with Crippen molar-refractivity contribution in [1.29, 1.82) is 0 Å². The number of aromatic nitrogens is 3. The van der Waals surface area contributed by atoms with Gasteiger partial charge >= 0.3 is 12.0 Å². The first-order valence-corrected chi connectivity index (χ1v) is 6.59. The lowest BCUT2D eigenvalue weighted by molar-refractivity contribution is -0.139. The molecule has 8 nitrogen and oxygen atoms in total. The van der Waals surface area contributed by atoms with Gasteiger partial charge in [0.05, 0.1) is 6.54 Å². The Balaban J connectivity index is 1.90. The Morgan fingerprint density at radius 3 is 2.90 bits per heavy atom. The smallest absolute Gasteiger partial charge is 0.331 e. The first kappa shape index (κ1) is 14.0. The molecule has 1 unspecified atom stereocenters. The maximum absolute atomic E-state index is 11.7. The van der Waals surface area contributed by atoms with E-state index in [0.29, 0.717) is 10.7 Å². The largest absolute Gasteiger partial charge is 0.479 e. The minimum Gasteiger partial charge on any atom is -0.479 e. The van der Waals surface area contributed by atoms with Gasteiger partial charge in [0.2, 0.25) is 0 Å². The molecule has 106 valence electrons. The highest BCUT2D eigenvalue weighted by Gasteiger charge is 2.22. The molecule has 0 bridgehead atoms. The van der Waals surface area contributed by atoms with Crippen LogP contribution >= 0.6 is 11.3 Å². The second-order valence-electron chi connectivity index (χ2n) is 3.95. The number of rotatable bonds is 5. The van der Waals surface area contributed by atoms with Gasteiger partial charge in [-0.2, -0.15) is 5.10 Å². The number of urea groups is 1. The third-order valence-corrected chi connectivity index (χ3v) is 3.34. The maximum Gasteiger partial charge on any atom is 0.331 e. The molecule has 0 spiro atoms. The zero-order valence-electron chi connectivity index (χ0n) is 10.6. The van der Waals surface area contributed by atoms with Gasteiger partial charge in [-0.3, -0.25) is 4.68 Å². The van der Waals surface area contributed by atoms with Crippen LogP contribution in [0.5, 0.6) is 0 Å². The Bertz CT molecular complexity index is 595. The van der Waals surface area contributed by atoms with Crippen molar-refractivity contribution in [2.75, 3.05) is 0 Å². The van der Waals surface area contributed by atoms with E-state index in [1.165, 1.54) is 22.3 Å². The topological polar surface area (TPSA) is 109 Å². The van der Waals surface area contributed by atoms with Crippen LogP contribution in [-0.2, 0) is 18.4 Å². The molecule has 2 aromatic rings. The monoisotopic (exact) mass is 295 g/mol. The Morgan fingerprint density at radius 2 is 2.35 bits per heavy atom. The van der Waals surface area contributed by atoms with Crippen LogP contribution in [0.2, 0.25) is 0 Å². The number of nitrogens with zero attached hydrogens (tertiary/aromatic N) is 3. The second-order valence-corrected chi connectivity index (χ2v) is 4.93. The van der Waals surface area contributed by atoms with Crippen LogP contribution < -0.4 is 10.6 Å². The SMILES string of the molecule is Cn1cnc(CNC(=O)NC(C(=O)O)c2cccs2)n1. The molecule has 0 aliphatic heterocycles. The van der Waals surface area contributed by atoms with E-state index in [1.54, 1.807) is 24.6 Å². The summed E-state index contributed by atoms with van der Waals surface area (Å²) in [7, 11) is 1.72. The molecule has 0 saturated heterocycles. The fourth-order valence-corrected chi connectivity index (χ4v) is 2.28. The lowest BCUT2D eigenvalue weighted by atomic mass is 10.2. The summed E-state index contributed by atoms with van der Waals surface area (Å²) >= 11 is 1.27. The number of thiophene rings is 1. The number of carboxylic acids is 1. The summed E-state index contributed by atoms with van der Waals surface area (Å²) in [6.07, 6.45) is 1.51. The van der Waals surface area contributed by atoms with Crippen LogP contribution in [-0.4, -0.2) is 31.9 Å². The van der Waals surface area contributed by atoms with E-state index in [0.717, 1.165) is 0 Å². The Kier molecular flexibility index (Phi) is 4.31. The average Bonchev–Trinajstić information content (AvgIpc) is 3.04. The predicted octanol–water partition coefficient (Wildman–Crippen LogP) is 0.502. The highest BCUT2D eigenvalue weighted by atomic mass is 32.1. The van der Waals surface area contributed by atoms with Gasteiger partial charge in [0, 0.05) is 11.9 Å². The number of carboxylic acid groups (broad SMARTS) is 1. The van der Waals surface area contributed by atoms with Crippen molar-refractivity contribution in [2.24, 2.45) is 7.05 Å². The maximum atomic E-state index is 11.7. The quantitative estimate of drug-likeness (QED) is 0.744. The number of carbonyl (C=O) groups excluding carboxylic acids is 1. The summed E-state index contributed by atoms with van der Waals surface area (Å²) < 4.78 is 1.51. The van der Waals surface area contributed by atoms with Crippen LogP contribution in [0.1, 0.15) is 16.7 Å². The van der Waals surface area contributed by atoms with E-state index in [1.807, 2.05) is 0 Å². The highest BCUT2D eigenvalue weighted by Crippen LogP contribution is 2.18. The zero-order chi connectivity index (χ0) is 14.5. The fraction of sp³-hybridized carbons (Fsp3) is 0.273. The Labute approximate surface area is 118 Å². The second kappa shape index (κ2) is 6.15. The molecule has 2 aromatic heterocycles. The molecular formula is C11H13N5O3S. The molecule has 20 heavy (non-hydrogen) atoms. The van der Waals surface area contributed by atoms with Crippen LogP contribution in [0.4, 0.5) is 4.79 Å². The van der Waals surface area contributed by atoms with Gasteiger partial charge in [0.15, 0.2) is 11.9 Å². The van der Waals surface area contributed by atoms with E-state index in [-0.39, 0.29) is 6.54 Å². The van der Waals surface area contributed by atoms with E-state index in [4.69, 9.17) is 5.11 Å². The number of aliphatic carboxylic acids is 1. The molecule has 0 fully saturated rings. The van der Waals surface area contributed by atoms with E-state index in [2.05, 4.69) is 20.7 Å². The number of aryl methyl sites for hydroxylation is 1. The molecule has 2 rings (SSSR count). The number of amides is 2. The van der Waals surface area contributed by atoms with Crippen molar-refractivity contribution < 1.29 is 14.7 Å². The lowest BCUT2D eigenvalue weighted by Gasteiger charge is -2.13. The molecule has 3 N–H and O–H groups in total. The minimum absolute atomic E-state index is 0.128. The first-order valence-electron chi connectivity index (χ1n) is 5.71. The van der Waals surface area contributed by atoms with Crippen LogP contribution in [0.3, 0.4) is 0 Å². The zero-order valence-corrected chi connectivity index (χ0v) is 11.4. The predicted molar refractivity (Wildman–Crippen MR) is 71.1 cm³/mol. The molecule has 0 aromatic carbocycles. The summed E-state index contributed by atoms with van der Waals surface area (Å²) in [4.78, 5) is 27.3. The van der Waals surface area contributed by atoms with Crippen molar-refractivity contribution in [1.82, 2.24) is 25.4 Å². The molecular weight excluding hydrogens is 282 g/mol. The van der Waals surface area contributed by atoms with Crippen molar-refractivity contribution >= 4 is 23.3 Å². The van der Waals surface area contributed by atoms with Crippen LogP contribution in [0, 0.1) is 0 Å². The molecule has 2 amide bonds. The average molecular weight is 295 g/mol. The van der Waals surface area contributed by atoms with Gasteiger partial charge in [-0.15, -0.1) is 11.3 Å². The van der Waals surface area contributed by atoms with Crippen LogP contribution in [0.15, 0.2) is 23.8 Å². The minimum atomic E-state index is -1.11. The van der Waals surface area contributed by atoms with E-state index >= 15 is 0 Å². The summed E-state index contributed by atoms with van der Waals surface area (Å²) in [5.41, 5.74) is 0. The Hall–Kier alpha value is -2.42. The molecule has 0 aliphatic rings. The number of nitrogens with one attached hydrogen (secondary N) is 2. The molecule has 0 aliphatic carbocycles. The summed E-state index contributed by atoms with van der Waals surface area (Å²) in [6.45, 7) is 0.128. The molecule has 0 saturated carbocycles. The summed E-state index contributed by atoms with van der Waals surface area (Å²) in [6, 6.07) is 1.74. The van der Waals surface area contributed by atoms with Gasteiger partial charge in [0.25, 0.3) is 0 Å². The van der Waals surface area contributed by atoms with Crippen LogP contribution in [0.25, 0.3) is 0 Å². The van der Waals surface area contributed by atoms with Crippen molar-refractivity contribution in [3.8, 4) is 0 Å². The normalized spacial score (nSPS) is 11.8.